The van der Waals surface area contributed by atoms with Crippen molar-refractivity contribution < 1.29 is 13.2 Å². The molecule has 0 amide bonds. The van der Waals surface area contributed by atoms with Gasteiger partial charge in [0, 0.05) is 15.1 Å². The predicted molar refractivity (Wildman–Crippen MR) is 389 cm³/mol. The molecule has 9 rings (SSSR count). The first kappa shape index (κ1) is 72.7. The highest BCUT2D eigenvalue weighted by atomic mass is 35.5. The molecule has 9 unspecified atom stereocenters. The minimum atomic E-state index is -1.23. The Kier molecular flexibility index (Phi) is 30.5. The largest absolute Gasteiger partial charge is 0.263 e. The molecular formula is C81H93Al3Cl3F3. The van der Waals surface area contributed by atoms with E-state index in [1.807, 2.05) is 72.8 Å². The third kappa shape index (κ3) is 24.6. The molecule has 468 valence electrons. The molecule has 9 aromatic carbocycles. The van der Waals surface area contributed by atoms with Crippen molar-refractivity contribution in [3.05, 3.63) is 319 Å². The SMILES string of the molecule is CC([CH2][Al]([CH2]C(C)c1ccc(Cl)cc1)[CH2]C(C)c1ccc(Cl)cc1)c1ccc(Cl)cc1.CC([CH2][Al]([CH2]C(C)c1ccc(F)cc1)[CH2]C(C)c1ccc(F)cc1)c1ccc(F)cc1.CC([CH2][Al]([CH2]C(C)c1ccccc1)[CH2]C(C)c1ccccc1)c1ccccc1. The predicted octanol–water partition coefficient (Wildman–Crippen LogP) is 26.1. The number of benzene rings is 9. The summed E-state index contributed by atoms with van der Waals surface area (Å²) in [4.78, 5) is 0. The Labute approximate surface area is 567 Å². The maximum absolute atomic E-state index is 13.3. The number of rotatable bonds is 27. The van der Waals surface area contributed by atoms with Crippen LogP contribution in [0.2, 0.25) is 62.6 Å². The van der Waals surface area contributed by atoms with E-state index in [4.69, 9.17) is 34.8 Å². The molecule has 9 atom stereocenters. The fourth-order valence-electron chi connectivity index (χ4n) is 13.7. The number of halogens is 6. The first-order valence-electron chi connectivity index (χ1n) is 32.9. The fraction of sp³-hybridized carbons (Fsp3) is 0.333. The zero-order valence-electron chi connectivity index (χ0n) is 54.6. The molecule has 0 N–H and O–H groups in total. The summed E-state index contributed by atoms with van der Waals surface area (Å²) >= 11 is 15.1. The zero-order valence-corrected chi connectivity index (χ0v) is 60.3. The molecule has 0 saturated carbocycles. The van der Waals surface area contributed by atoms with Crippen molar-refractivity contribution in [1.82, 2.24) is 0 Å². The second-order valence-corrected chi connectivity index (χ2v) is 37.1. The average molecular weight is 1310 g/mol. The van der Waals surface area contributed by atoms with Gasteiger partial charge in [0.15, 0.2) is 0 Å². The van der Waals surface area contributed by atoms with Crippen molar-refractivity contribution >= 4 is 77.2 Å². The number of hydrogen-bond acceptors (Lipinski definition) is 0. The molecule has 0 nitrogen and oxygen atoms in total. The number of hydrogen-bond donors (Lipinski definition) is 0. The molecule has 0 saturated heterocycles. The molecule has 0 bridgehead atoms. The summed E-state index contributed by atoms with van der Waals surface area (Å²) in [6, 6.07) is 79.0. The smallest absolute Gasteiger partial charge is 0.207 e. The van der Waals surface area contributed by atoms with E-state index in [0.717, 1.165) is 30.9 Å². The van der Waals surface area contributed by atoms with Crippen LogP contribution in [0.4, 0.5) is 13.2 Å². The van der Waals surface area contributed by atoms with Gasteiger partial charge in [-0.2, -0.15) is 0 Å². The molecule has 9 heteroatoms. The fourth-order valence-corrected chi connectivity index (χ4v) is 27.2. The lowest BCUT2D eigenvalue weighted by molar-refractivity contribution is 0.626. The van der Waals surface area contributed by atoms with Crippen molar-refractivity contribution in [3.8, 4) is 0 Å². The van der Waals surface area contributed by atoms with Crippen molar-refractivity contribution in [1.29, 1.82) is 0 Å². The van der Waals surface area contributed by atoms with Crippen LogP contribution in [0.1, 0.15) is 166 Å². The summed E-state index contributed by atoms with van der Waals surface area (Å²) in [6.45, 7) is 21.0. The first-order valence-corrected chi connectivity index (χ1v) is 41.4. The highest BCUT2D eigenvalue weighted by Gasteiger charge is 2.30. The monoisotopic (exact) mass is 1310 g/mol. The van der Waals surface area contributed by atoms with E-state index in [2.05, 4.69) is 190 Å². The Hall–Kier alpha value is -4.76. The average Bonchev–Trinajstić information content (AvgIpc) is 3.75. The Morgan fingerprint density at radius 2 is 0.344 bits per heavy atom. The van der Waals surface area contributed by atoms with Gasteiger partial charge in [0.05, 0.1) is 0 Å². The van der Waals surface area contributed by atoms with E-state index in [0.29, 0.717) is 53.3 Å². The third-order valence-corrected chi connectivity index (χ3v) is 32.0. The summed E-state index contributed by atoms with van der Waals surface area (Å²) in [5.41, 5.74) is 12.2. The summed E-state index contributed by atoms with van der Waals surface area (Å²) in [7, 11) is 0. The minimum absolute atomic E-state index is 0.209. The molecule has 0 fully saturated rings. The molecule has 0 aliphatic heterocycles. The Morgan fingerprint density at radius 1 is 0.211 bits per heavy atom. The topological polar surface area (TPSA) is 0 Å². The lowest BCUT2D eigenvalue weighted by Crippen LogP contribution is -2.20. The van der Waals surface area contributed by atoms with Gasteiger partial charge < -0.3 is 0 Å². The first-order chi connectivity index (χ1) is 43.3. The Morgan fingerprint density at radius 3 is 0.500 bits per heavy atom. The molecule has 90 heavy (non-hydrogen) atoms. The lowest BCUT2D eigenvalue weighted by Gasteiger charge is -2.24. The van der Waals surface area contributed by atoms with Crippen LogP contribution in [-0.4, -0.2) is 42.4 Å². The van der Waals surface area contributed by atoms with Gasteiger partial charge in [-0.05, 0) is 176 Å². The quantitative estimate of drug-likeness (QED) is 0.0450. The van der Waals surface area contributed by atoms with Crippen LogP contribution in [0.25, 0.3) is 0 Å². The molecule has 0 aliphatic carbocycles. The van der Waals surface area contributed by atoms with E-state index in [9.17, 15) is 13.2 Å². The van der Waals surface area contributed by atoms with E-state index >= 15 is 0 Å². The molecular weight excluding hydrogens is 1220 g/mol. The summed E-state index contributed by atoms with van der Waals surface area (Å²) in [5.74, 6) is 4.06. The van der Waals surface area contributed by atoms with Crippen molar-refractivity contribution in [2.75, 3.05) is 0 Å². The molecule has 0 heterocycles. The van der Waals surface area contributed by atoms with Gasteiger partial charge in [-0.3, -0.25) is 0 Å². The molecule has 0 aromatic heterocycles. The highest BCUT2D eigenvalue weighted by molar-refractivity contribution is 6.60. The minimum Gasteiger partial charge on any atom is -0.207 e. The standard InChI is InChI=1S/3C9H10Cl.3C9H10F.3C9H11.3Al/c6*1-7(2)8-3-5-9(10)6-4-8;3*1-8(2)9-6-4-3-5-7-9;;;/h6*3-7H,1H2,2H3;3*3-8H,1H2,2H3;;;. The van der Waals surface area contributed by atoms with Gasteiger partial charge >= 0.3 is 0 Å². The van der Waals surface area contributed by atoms with E-state index in [1.54, 1.807) is 0 Å². The van der Waals surface area contributed by atoms with Crippen molar-refractivity contribution in [2.45, 2.75) is 163 Å². The van der Waals surface area contributed by atoms with Gasteiger partial charge in [-0.25, -0.2) is 13.2 Å². The van der Waals surface area contributed by atoms with Crippen LogP contribution in [0.5, 0.6) is 0 Å². The lowest BCUT2D eigenvalue weighted by atomic mass is 10.0. The summed E-state index contributed by atoms with van der Waals surface area (Å²) in [5, 5.41) is 13.8. The summed E-state index contributed by atoms with van der Waals surface area (Å²) in [6.07, 6.45) is 0. The maximum Gasteiger partial charge on any atom is 0.263 e. The molecule has 0 aliphatic rings. The van der Waals surface area contributed by atoms with E-state index in [-0.39, 0.29) is 17.5 Å². The normalized spacial score (nSPS) is 14.2. The van der Waals surface area contributed by atoms with Gasteiger partial charge in [0.1, 0.15) is 17.5 Å². The van der Waals surface area contributed by atoms with Crippen molar-refractivity contribution in [3.63, 3.8) is 0 Å². The van der Waals surface area contributed by atoms with Crippen LogP contribution in [0, 0.1) is 17.5 Å². The molecule has 0 spiro atoms. The Bertz CT molecular complexity index is 2880. The highest BCUT2D eigenvalue weighted by Crippen LogP contribution is 2.38. The molecule has 0 radical (unpaired) electrons. The van der Waals surface area contributed by atoms with E-state index in [1.165, 1.54) is 118 Å². The maximum atomic E-state index is 13.3. The van der Waals surface area contributed by atoms with Crippen LogP contribution in [0.15, 0.2) is 237 Å². The van der Waals surface area contributed by atoms with Crippen LogP contribution in [-0.2, 0) is 0 Å². The second kappa shape index (κ2) is 37.8. The van der Waals surface area contributed by atoms with Gasteiger partial charge in [0.2, 0.25) is 0 Å². The van der Waals surface area contributed by atoms with Gasteiger partial charge in [0.25, 0.3) is 42.4 Å². The van der Waals surface area contributed by atoms with Crippen LogP contribution >= 0.6 is 34.8 Å². The van der Waals surface area contributed by atoms with Crippen LogP contribution in [0.3, 0.4) is 0 Å². The Balaban J connectivity index is 0.000000192. The summed E-state index contributed by atoms with van der Waals surface area (Å²) < 4.78 is 40.0. The zero-order chi connectivity index (χ0) is 64.5. The van der Waals surface area contributed by atoms with E-state index < -0.39 is 42.4 Å². The van der Waals surface area contributed by atoms with Crippen molar-refractivity contribution in [2.24, 2.45) is 0 Å². The van der Waals surface area contributed by atoms with Gasteiger partial charge in [-0.1, -0.05) is 308 Å². The third-order valence-electron chi connectivity index (χ3n) is 18.9. The molecule has 9 aromatic rings. The second-order valence-electron chi connectivity index (χ2n) is 26.4. The van der Waals surface area contributed by atoms with Gasteiger partial charge in [-0.15, -0.1) is 0 Å². The van der Waals surface area contributed by atoms with Crippen LogP contribution < -0.4 is 0 Å².